The zero-order chi connectivity index (χ0) is 15.9. The minimum absolute atomic E-state index is 0. The van der Waals surface area contributed by atoms with Crippen LogP contribution in [0.4, 0.5) is 5.13 Å². The number of carbonyl (C=O) groups is 2. The van der Waals surface area contributed by atoms with Gasteiger partial charge >= 0.3 is 0 Å². The maximum absolute atomic E-state index is 12.1. The molecule has 9 heteroatoms. The average molecular weight is 373 g/mol. The van der Waals surface area contributed by atoms with Gasteiger partial charge in [0, 0.05) is 18.3 Å². The van der Waals surface area contributed by atoms with Crippen molar-refractivity contribution in [1.82, 2.24) is 9.97 Å². The van der Waals surface area contributed by atoms with Crippen LogP contribution < -0.4 is 11.1 Å². The number of halogens is 1. The second-order valence-electron chi connectivity index (χ2n) is 6.02. The molecule has 1 aliphatic carbocycles. The molecule has 2 heterocycles. The Kier molecular flexibility index (Phi) is 5.20. The van der Waals surface area contributed by atoms with Gasteiger partial charge in [0.05, 0.1) is 10.6 Å². The van der Waals surface area contributed by atoms with Gasteiger partial charge in [0.25, 0.3) is 5.91 Å². The van der Waals surface area contributed by atoms with E-state index in [0.29, 0.717) is 33.7 Å². The van der Waals surface area contributed by atoms with Crippen molar-refractivity contribution in [2.24, 2.45) is 11.1 Å². The molecule has 23 heavy (non-hydrogen) atoms. The van der Waals surface area contributed by atoms with Gasteiger partial charge in [-0.2, -0.15) is 0 Å². The second kappa shape index (κ2) is 6.64. The molecular weight excluding hydrogens is 356 g/mol. The molecule has 3 N–H and O–H groups in total. The SMILES string of the molecule is CC1(C)CC(=O)c2sc(NC(=O)c3csc(CN)n3)nc2C1.Cl. The van der Waals surface area contributed by atoms with E-state index in [9.17, 15) is 9.59 Å². The molecule has 0 fully saturated rings. The van der Waals surface area contributed by atoms with Gasteiger partial charge in [-0.3, -0.25) is 14.9 Å². The number of nitrogens with zero attached hydrogens (tertiary/aromatic N) is 2. The number of thiazole rings is 2. The summed E-state index contributed by atoms with van der Waals surface area (Å²) in [6, 6.07) is 0. The molecule has 0 saturated carbocycles. The molecule has 0 aliphatic heterocycles. The lowest BCUT2D eigenvalue weighted by molar-refractivity contribution is 0.0915. The zero-order valence-corrected chi connectivity index (χ0v) is 15.2. The first kappa shape index (κ1) is 18.0. The van der Waals surface area contributed by atoms with Crippen molar-refractivity contribution in [2.45, 2.75) is 33.2 Å². The fourth-order valence-electron chi connectivity index (χ4n) is 2.44. The van der Waals surface area contributed by atoms with E-state index in [1.54, 1.807) is 5.38 Å². The Morgan fingerprint density at radius 2 is 2.13 bits per heavy atom. The lowest BCUT2D eigenvalue weighted by atomic mass is 9.78. The van der Waals surface area contributed by atoms with E-state index in [4.69, 9.17) is 5.73 Å². The van der Waals surface area contributed by atoms with Gasteiger partial charge in [0.15, 0.2) is 10.9 Å². The molecule has 0 atom stereocenters. The molecule has 2 aromatic heterocycles. The van der Waals surface area contributed by atoms with Crippen LogP contribution in [0.1, 0.15) is 51.1 Å². The Hall–Kier alpha value is -1.35. The van der Waals surface area contributed by atoms with Gasteiger partial charge in [0.1, 0.15) is 10.7 Å². The van der Waals surface area contributed by atoms with Crippen molar-refractivity contribution in [3.8, 4) is 0 Å². The number of aromatic nitrogens is 2. The predicted octanol–water partition coefficient (Wildman–Crippen LogP) is 2.89. The van der Waals surface area contributed by atoms with E-state index in [1.807, 2.05) is 0 Å². The molecule has 0 aromatic carbocycles. The summed E-state index contributed by atoms with van der Waals surface area (Å²) < 4.78 is 0. The lowest BCUT2D eigenvalue weighted by Crippen LogP contribution is -2.26. The van der Waals surface area contributed by atoms with Crippen molar-refractivity contribution in [3.63, 3.8) is 0 Å². The van der Waals surface area contributed by atoms with Crippen LogP contribution in [0.2, 0.25) is 0 Å². The standard InChI is InChI=1S/C14H16N4O2S2.ClH/c1-14(2)3-7-11(9(19)4-14)22-13(17-7)18-12(20)8-6-21-10(5-15)16-8;/h6H,3-5,15H2,1-2H3,(H,17,18,20);1H. The molecule has 1 aliphatic rings. The fraction of sp³-hybridized carbons (Fsp3) is 0.429. The summed E-state index contributed by atoms with van der Waals surface area (Å²) in [7, 11) is 0. The molecule has 6 nitrogen and oxygen atoms in total. The Bertz CT molecular complexity index is 754. The molecule has 0 radical (unpaired) electrons. The summed E-state index contributed by atoms with van der Waals surface area (Å²) in [6.45, 7) is 4.41. The van der Waals surface area contributed by atoms with Crippen LogP contribution in [0.3, 0.4) is 0 Å². The van der Waals surface area contributed by atoms with Crippen molar-refractivity contribution >= 4 is 51.9 Å². The number of Topliss-reactive ketones (excluding diaryl/α,β-unsaturated/α-hetero) is 1. The summed E-state index contributed by atoms with van der Waals surface area (Å²) in [5, 5.41) is 5.54. The minimum Gasteiger partial charge on any atom is -0.325 e. The molecule has 3 rings (SSSR count). The second-order valence-corrected chi connectivity index (χ2v) is 7.96. The van der Waals surface area contributed by atoms with Gasteiger partial charge in [-0.05, 0) is 11.8 Å². The van der Waals surface area contributed by atoms with Gasteiger partial charge < -0.3 is 5.73 Å². The number of carbonyl (C=O) groups excluding carboxylic acids is 2. The molecule has 1 amide bonds. The monoisotopic (exact) mass is 372 g/mol. The Morgan fingerprint density at radius 1 is 1.39 bits per heavy atom. The summed E-state index contributed by atoms with van der Waals surface area (Å²) in [4.78, 5) is 33.5. The predicted molar refractivity (Wildman–Crippen MR) is 93.8 cm³/mol. The smallest absolute Gasteiger partial charge is 0.276 e. The minimum atomic E-state index is -0.325. The molecule has 0 spiro atoms. The molecular formula is C14H17ClN4O2S2. The maximum Gasteiger partial charge on any atom is 0.276 e. The molecule has 124 valence electrons. The van der Waals surface area contributed by atoms with E-state index in [1.165, 1.54) is 22.7 Å². The van der Waals surface area contributed by atoms with Crippen LogP contribution in [-0.4, -0.2) is 21.7 Å². The number of amides is 1. The van der Waals surface area contributed by atoms with Gasteiger partial charge in [-0.15, -0.1) is 23.7 Å². The number of rotatable bonds is 3. The molecule has 0 bridgehead atoms. The van der Waals surface area contributed by atoms with Crippen LogP contribution in [-0.2, 0) is 13.0 Å². The summed E-state index contributed by atoms with van der Waals surface area (Å²) in [5.74, 6) is -0.225. The lowest BCUT2D eigenvalue weighted by Gasteiger charge is -2.26. The van der Waals surface area contributed by atoms with Gasteiger partial charge in [-0.1, -0.05) is 25.2 Å². The highest BCUT2D eigenvalue weighted by molar-refractivity contribution is 7.17. The van der Waals surface area contributed by atoms with E-state index >= 15 is 0 Å². The van der Waals surface area contributed by atoms with Crippen LogP contribution >= 0.6 is 35.1 Å². The molecule has 2 aromatic rings. The first-order valence-electron chi connectivity index (χ1n) is 6.87. The summed E-state index contributed by atoms with van der Waals surface area (Å²) >= 11 is 2.59. The van der Waals surface area contributed by atoms with Crippen molar-refractivity contribution in [3.05, 3.63) is 26.7 Å². The first-order valence-corrected chi connectivity index (χ1v) is 8.56. The summed E-state index contributed by atoms with van der Waals surface area (Å²) in [5.41, 5.74) is 6.52. The fourth-order valence-corrected chi connectivity index (χ4v) is 4.01. The first-order chi connectivity index (χ1) is 10.4. The number of nitrogens with two attached hydrogens (primary N) is 1. The maximum atomic E-state index is 12.1. The van der Waals surface area contributed by atoms with Crippen LogP contribution in [0.15, 0.2) is 5.38 Å². The Labute approximate surface area is 147 Å². The van der Waals surface area contributed by atoms with Crippen LogP contribution in [0, 0.1) is 5.41 Å². The largest absolute Gasteiger partial charge is 0.325 e. The van der Waals surface area contributed by atoms with Crippen molar-refractivity contribution in [1.29, 1.82) is 0 Å². The van der Waals surface area contributed by atoms with Gasteiger partial charge in [0.2, 0.25) is 0 Å². The highest BCUT2D eigenvalue weighted by Gasteiger charge is 2.34. The van der Waals surface area contributed by atoms with E-state index in [-0.39, 0.29) is 29.5 Å². The zero-order valence-electron chi connectivity index (χ0n) is 12.7. The quantitative estimate of drug-likeness (QED) is 0.863. The topological polar surface area (TPSA) is 98.0 Å². The number of hydrogen-bond donors (Lipinski definition) is 2. The highest BCUT2D eigenvalue weighted by atomic mass is 35.5. The number of ketones is 1. The third-order valence-corrected chi connectivity index (χ3v) is 5.34. The van der Waals surface area contributed by atoms with E-state index < -0.39 is 0 Å². The Morgan fingerprint density at radius 3 is 2.78 bits per heavy atom. The van der Waals surface area contributed by atoms with Crippen molar-refractivity contribution in [2.75, 3.05) is 5.32 Å². The number of anilines is 1. The summed E-state index contributed by atoms with van der Waals surface area (Å²) in [6.07, 6.45) is 1.26. The number of hydrogen-bond acceptors (Lipinski definition) is 7. The normalized spacial score (nSPS) is 15.7. The van der Waals surface area contributed by atoms with Crippen LogP contribution in [0.5, 0.6) is 0 Å². The van der Waals surface area contributed by atoms with E-state index in [0.717, 1.165) is 12.1 Å². The van der Waals surface area contributed by atoms with Crippen LogP contribution in [0.25, 0.3) is 0 Å². The molecule has 0 saturated heterocycles. The van der Waals surface area contributed by atoms with E-state index in [2.05, 4.69) is 29.1 Å². The Balaban J connectivity index is 0.00000192. The average Bonchev–Trinajstić information content (AvgIpc) is 3.03. The third-order valence-electron chi connectivity index (χ3n) is 3.42. The third kappa shape index (κ3) is 3.77. The van der Waals surface area contributed by atoms with Gasteiger partial charge in [-0.25, -0.2) is 9.97 Å². The number of fused-ring (bicyclic) bond motifs is 1. The van der Waals surface area contributed by atoms with Crippen molar-refractivity contribution < 1.29 is 9.59 Å². The highest BCUT2D eigenvalue weighted by Crippen LogP contribution is 2.38. The number of nitrogens with one attached hydrogen (secondary N) is 1. The molecule has 0 unspecified atom stereocenters.